The average molecular weight is 378 g/mol. The molecule has 0 saturated carbocycles. The molecule has 0 aromatic heterocycles. The van der Waals surface area contributed by atoms with Gasteiger partial charge in [-0.1, -0.05) is 30.3 Å². The third kappa shape index (κ3) is 3.16. The van der Waals surface area contributed by atoms with E-state index in [1.165, 1.54) is 14.2 Å². The van der Waals surface area contributed by atoms with E-state index >= 15 is 0 Å². The number of benzene rings is 2. The van der Waals surface area contributed by atoms with E-state index < -0.39 is 17.7 Å². The summed E-state index contributed by atoms with van der Waals surface area (Å²) >= 11 is 0. The number of ketones is 1. The maximum atomic E-state index is 12.7. The zero-order chi connectivity index (χ0) is 20.3. The zero-order valence-corrected chi connectivity index (χ0v) is 15.4. The van der Waals surface area contributed by atoms with Crippen molar-refractivity contribution in [1.82, 2.24) is 4.90 Å². The van der Waals surface area contributed by atoms with Crippen molar-refractivity contribution in [3.8, 4) is 17.6 Å². The number of methoxy groups -OCH3 is 2. The first-order valence-corrected chi connectivity index (χ1v) is 8.46. The normalized spacial score (nSPS) is 18.0. The average Bonchev–Trinajstić information content (AvgIpc) is 2.98. The molecule has 1 heterocycles. The molecule has 3 rings (SSSR count). The standard InChI is InChI=1S/C21H18N2O5/c1-27-14-8-9-15(16(12-14)28-2)18-17(19(24)13-6-4-3-5-7-13)20(25)21(26)23(18)11-10-22/h3-9,12,18,24H,11H2,1-2H3/b19-17+. The topological polar surface area (TPSA) is 99.9 Å². The maximum absolute atomic E-state index is 12.7. The Morgan fingerprint density at radius 1 is 1.14 bits per heavy atom. The Balaban J connectivity index is 2.25. The van der Waals surface area contributed by atoms with Gasteiger partial charge in [-0.15, -0.1) is 0 Å². The van der Waals surface area contributed by atoms with Crippen LogP contribution in [0.2, 0.25) is 0 Å². The Hall–Kier alpha value is -3.79. The van der Waals surface area contributed by atoms with Gasteiger partial charge in [-0.25, -0.2) is 0 Å². The van der Waals surface area contributed by atoms with Crippen molar-refractivity contribution in [3.05, 3.63) is 65.2 Å². The third-order valence-electron chi connectivity index (χ3n) is 4.56. The number of nitriles is 1. The number of carbonyl (C=O) groups excluding carboxylic acids is 2. The fourth-order valence-corrected chi connectivity index (χ4v) is 3.24. The van der Waals surface area contributed by atoms with Crippen LogP contribution < -0.4 is 9.47 Å². The van der Waals surface area contributed by atoms with Crippen molar-refractivity contribution in [2.75, 3.05) is 20.8 Å². The van der Waals surface area contributed by atoms with E-state index in [1.54, 1.807) is 48.5 Å². The third-order valence-corrected chi connectivity index (χ3v) is 4.56. The van der Waals surface area contributed by atoms with Crippen LogP contribution in [-0.4, -0.2) is 42.5 Å². The van der Waals surface area contributed by atoms with E-state index in [2.05, 4.69) is 0 Å². The van der Waals surface area contributed by atoms with Gasteiger partial charge in [0.2, 0.25) is 0 Å². The predicted octanol–water partition coefficient (Wildman–Crippen LogP) is 2.65. The predicted molar refractivity (Wildman–Crippen MR) is 101 cm³/mol. The van der Waals surface area contributed by atoms with Gasteiger partial charge in [0.1, 0.15) is 23.8 Å². The molecule has 1 N–H and O–H groups in total. The second kappa shape index (κ2) is 7.84. The van der Waals surface area contributed by atoms with Crippen LogP contribution in [-0.2, 0) is 9.59 Å². The van der Waals surface area contributed by atoms with Crippen LogP contribution in [0.25, 0.3) is 5.76 Å². The monoisotopic (exact) mass is 378 g/mol. The largest absolute Gasteiger partial charge is 0.507 e. The molecular weight excluding hydrogens is 360 g/mol. The molecule has 0 aliphatic carbocycles. The van der Waals surface area contributed by atoms with Crippen molar-refractivity contribution in [2.45, 2.75) is 6.04 Å². The van der Waals surface area contributed by atoms with Crippen molar-refractivity contribution >= 4 is 17.4 Å². The maximum Gasteiger partial charge on any atom is 0.296 e. The lowest BCUT2D eigenvalue weighted by atomic mass is 9.94. The molecule has 0 bridgehead atoms. The summed E-state index contributed by atoms with van der Waals surface area (Å²) in [4.78, 5) is 26.4. The summed E-state index contributed by atoms with van der Waals surface area (Å²) in [5, 5.41) is 20.0. The number of amides is 1. The van der Waals surface area contributed by atoms with Gasteiger partial charge in [0.05, 0.1) is 31.9 Å². The van der Waals surface area contributed by atoms with Crippen LogP contribution in [0.3, 0.4) is 0 Å². The highest BCUT2D eigenvalue weighted by atomic mass is 16.5. The number of likely N-dealkylation sites (tertiary alicyclic amines) is 1. The van der Waals surface area contributed by atoms with Crippen molar-refractivity contribution < 1.29 is 24.2 Å². The molecule has 2 aromatic rings. The zero-order valence-electron chi connectivity index (χ0n) is 15.4. The number of rotatable bonds is 5. The molecule has 0 spiro atoms. The number of hydrogen-bond donors (Lipinski definition) is 1. The van der Waals surface area contributed by atoms with Crippen LogP contribution in [0.1, 0.15) is 17.2 Å². The van der Waals surface area contributed by atoms with Gasteiger partial charge in [0.25, 0.3) is 11.7 Å². The first-order chi connectivity index (χ1) is 13.5. The van der Waals surface area contributed by atoms with E-state index in [9.17, 15) is 14.7 Å². The molecule has 0 radical (unpaired) electrons. The number of Topliss-reactive ketones (excluding diaryl/α,β-unsaturated/α-hetero) is 1. The molecule has 2 aromatic carbocycles. The minimum Gasteiger partial charge on any atom is -0.507 e. The van der Waals surface area contributed by atoms with Gasteiger partial charge in [0, 0.05) is 17.2 Å². The molecule has 1 aliphatic rings. The summed E-state index contributed by atoms with van der Waals surface area (Å²) in [6.45, 7) is -0.310. The van der Waals surface area contributed by atoms with Crippen LogP contribution in [0, 0.1) is 11.3 Å². The number of ether oxygens (including phenoxy) is 2. The second-order valence-electron chi connectivity index (χ2n) is 6.06. The summed E-state index contributed by atoms with van der Waals surface area (Å²) in [6, 6.07) is 14.3. The highest BCUT2D eigenvalue weighted by Crippen LogP contribution is 2.43. The highest BCUT2D eigenvalue weighted by Gasteiger charge is 2.47. The Morgan fingerprint density at radius 3 is 2.46 bits per heavy atom. The van der Waals surface area contributed by atoms with Crippen LogP contribution in [0.15, 0.2) is 54.1 Å². The van der Waals surface area contributed by atoms with Gasteiger partial charge >= 0.3 is 0 Å². The molecular formula is C21H18N2O5. The summed E-state index contributed by atoms with van der Waals surface area (Å²) < 4.78 is 10.6. The van der Waals surface area contributed by atoms with E-state index in [0.29, 0.717) is 22.6 Å². The molecule has 1 atom stereocenters. The quantitative estimate of drug-likeness (QED) is 0.372. The Kier molecular flexibility index (Phi) is 5.32. The lowest BCUT2D eigenvalue weighted by molar-refractivity contribution is -0.139. The summed E-state index contributed by atoms with van der Waals surface area (Å²) in [7, 11) is 2.96. The number of aliphatic hydroxyl groups excluding tert-OH is 1. The number of aliphatic hydroxyl groups is 1. The molecule has 7 heteroatoms. The van der Waals surface area contributed by atoms with E-state index in [4.69, 9.17) is 14.7 Å². The van der Waals surface area contributed by atoms with Gasteiger partial charge < -0.3 is 19.5 Å². The van der Waals surface area contributed by atoms with Crippen LogP contribution in [0.4, 0.5) is 0 Å². The fourth-order valence-electron chi connectivity index (χ4n) is 3.24. The van der Waals surface area contributed by atoms with Crippen LogP contribution in [0.5, 0.6) is 11.5 Å². The van der Waals surface area contributed by atoms with Gasteiger partial charge in [0.15, 0.2) is 0 Å². The first kappa shape index (κ1) is 19.0. The molecule has 1 fully saturated rings. The van der Waals surface area contributed by atoms with Crippen LogP contribution >= 0.6 is 0 Å². The minimum atomic E-state index is -0.958. The molecule has 7 nitrogen and oxygen atoms in total. The Morgan fingerprint density at radius 2 is 1.86 bits per heavy atom. The molecule has 1 aliphatic heterocycles. The van der Waals surface area contributed by atoms with Gasteiger partial charge in [-0.05, 0) is 12.1 Å². The lowest BCUT2D eigenvalue weighted by Crippen LogP contribution is -2.30. The van der Waals surface area contributed by atoms with Crippen molar-refractivity contribution in [1.29, 1.82) is 5.26 Å². The van der Waals surface area contributed by atoms with Crippen molar-refractivity contribution in [3.63, 3.8) is 0 Å². The van der Waals surface area contributed by atoms with E-state index in [0.717, 1.165) is 4.90 Å². The number of nitrogens with zero attached hydrogens (tertiary/aromatic N) is 2. The fraction of sp³-hybridized carbons (Fsp3) is 0.190. The number of hydrogen-bond acceptors (Lipinski definition) is 6. The molecule has 28 heavy (non-hydrogen) atoms. The Labute approximate surface area is 162 Å². The van der Waals surface area contributed by atoms with Gasteiger partial charge in [-0.3, -0.25) is 9.59 Å². The molecule has 1 saturated heterocycles. The second-order valence-corrected chi connectivity index (χ2v) is 6.06. The lowest BCUT2D eigenvalue weighted by Gasteiger charge is -2.24. The molecule has 1 unspecified atom stereocenters. The van der Waals surface area contributed by atoms with E-state index in [-0.39, 0.29) is 17.9 Å². The minimum absolute atomic E-state index is 0.0880. The van der Waals surface area contributed by atoms with E-state index in [1.807, 2.05) is 6.07 Å². The van der Waals surface area contributed by atoms with Crippen molar-refractivity contribution in [2.24, 2.45) is 0 Å². The first-order valence-electron chi connectivity index (χ1n) is 8.46. The molecule has 142 valence electrons. The summed E-state index contributed by atoms with van der Waals surface area (Å²) in [5.74, 6) is -1.10. The summed E-state index contributed by atoms with van der Waals surface area (Å²) in [6.07, 6.45) is 0. The highest BCUT2D eigenvalue weighted by molar-refractivity contribution is 6.46. The van der Waals surface area contributed by atoms with Gasteiger partial charge in [-0.2, -0.15) is 5.26 Å². The SMILES string of the molecule is COc1ccc(C2/C(=C(\O)c3ccccc3)C(=O)C(=O)N2CC#N)c(OC)c1. The number of carbonyl (C=O) groups is 2. The molecule has 1 amide bonds. The Bertz CT molecular complexity index is 992. The smallest absolute Gasteiger partial charge is 0.296 e. The summed E-state index contributed by atoms with van der Waals surface area (Å²) in [5.41, 5.74) is 0.778.